The minimum Gasteiger partial charge on any atom is -0.481 e. The molecule has 14 heteroatoms. The van der Waals surface area contributed by atoms with Crippen LogP contribution in [0.4, 0.5) is 0 Å². The molecule has 0 radical (unpaired) electrons. The topological polar surface area (TPSA) is 228 Å². The zero-order chi connectivity index (χ0) is 24.4. The largest absolute Gasteiger partial charge is 0.481 e. The molecular formula is C18H26N4O10. The first-order valence-electron chi connectivity index (χ1n) is 9.77. The van der Waals surface area contributed by atoms with Gasteiger partial charge in [-0.05, 0) is 26.2 Å². The van der Waals surface area contributed by atoms with E-state index in [1.807, 2.05) is 0 Å². The van der Waals surface area contributed by atoms with Crippen LogP contribution in [0, 0.1) is 0 Å². The molecule has 0 saturated carbocycles. The molecule has 1 rings (SSSR count). The predicted octanol–water partition coefficient (Wildman–Crippen LogP) is -2.45. The van der Waals surface area contributed by atoms with Crippen molar-refractivity contribution in [3.05, 3.63) is 0 Å². The summed E-state index contributed by atoms with van der Waals surface area (Å²) in [5.41, 5.74) is 0. The summed E-state index contributed by atoms with van der Waals surface area (Å²) in [4.78, 5) is 81.0. The maximum atomic E-state index is 12.5. The van der Waals surface area contributed by atoms with E-state index >= 15 is 0 Å². The number of nitrogens with one attached hydrogen (secondary N) is 4. The minimum atomic E-state index is -1.49. The number of hydrogen-bond acceptors (Lipinski definition) is 7. The minimum absolute atomic E-state index is 0.133. The molecule has 0 unspecified atom stereocenters. The van der Waals surface area contributed by atoms with Crippen molar-refractivity contribution in [2.75, 3.05) is 0 Å². The van der Waals surface area contributed by atoms with Crippen LogP contribution in [-0.4, -0.2) is 81.0 Å². The van der Waals surface area contributed by atoms with E-state index in [9.17, 15) is 33.6 Å². The molecule has 4 atom stereocenters. The summed E-state index contributed by atoms with van der Waals surface area (Å²) in [6, 6.07) is -4.96. The highest BCUT2D eigenvalue weighted by Gasteiger charge is 2.32. The summed E-state index contributed by atoms with van der Waals surface area (Å²) < 4.78 is 0. The Morgan fingerprint density at radius 2 is 1.47 bits per heavy atom. The van der Waals surface area contributed by atoms with Crippen molar-refractivity contribution in [2.24, 2.45) is 0 Å². The fourth-order valence-corrected chi connectivity index (χ4v) is 2.82. The zero-order valence-corrected chi connectivity index (χ0v) is 17.3. The van der Waals surface area contributed by atoms with E-state index in [2.05, 4.69) is 21.3 Å². The lowest BCUT2D eigenvalue weighted by Crippen LogP contribution is -2.56. The highest BCUT2D eigenvalue weighted by molar-refractivity contribution is 5.96. The summed E-state index contributed by atoms with van der Waals surface area (Å²) in [7, 11) is 0. The Kier molecular flexibility index (Phi) is 10.1. The van der Waals surface area contributed by atoms with E-state index in [4.69, 9.17) is 15.3 Å². The van der Waals surface area contributed by atoms with Gasteiger partial charge in [0, 0.05) is 19.3 Å². The first-order valence-corrected chi connectivity index (χ1v) is 9.77. The first kappa shape index (κ1) is 26.3. The third-order valence-electron chi connectivity index (χ3n) is 4.61. The van der Waals surface area contributed by atoms with Crippen LogP contribution in [0.1, 0.15) is 45.4 Å². The number of rotatable bonds is 13. The highest BCUT2D eigenvalue weighted by Crippen LogP contribution is 2.08. The van der Waals surface area contributed by atoms with Crippen molar-refractivity contribution in [3.8, 4) is 0 Å². The molecule has 14 nitrogen and oxygen atoms in total. The summed E-state index contributed by atoms with van der Waals surface area (Å²) >= 11 is 0. The van der Waals surface area contributed by atoms with E-state index in [0.29, 0.717) is 0 Å². The number of carboxylic acid groups (broad SMARTS) is 3. The molecular weight excluding hydrogens is 432 g/mol. The van der Waals surface area contributed by atoms with Crippen molar-refractivity contribution in [1.29, 1.82) is 0 Å². The van der Waals surface area contributed by atoms with Gasteiger partial charge in [0.25, 0.3) is 0 Å². The number of carbonyl (C=O) groups excluding carboxylic acids is 4. The smallest absolute Gasteiger partial charge is 0.326 e. The van der Waals surface area contributed by atoms with Crippen molar-refractivity contribution >= 4 is 41.5 Å². The summed E-state index contributed by atoms with van der Waals surface area (Å²) in [6.07, 6.45) is -1.29. The number of hydrogen-bond donors (Lipinski definition) is 7. The normalized spacial score (nSPS) is 17.9. The Hall–Kier alpha value is -3.71. The lowest BCUT2D eigenvalue weighted by Gasteiger charge is -2.23. The van der Waals surface area contributed by atoms with Gasteiger partial charge in [-0.25, -0.2) is 4.79 Å². The molecule has 0 aromatic heterocycles. The number of carbonyl (C=O) groups is 7. The molecule has 178 valence electrons. The monoisotopic (exact) mass is 458 g/mol. The van der Waals surface area contributed by atoms with Crippen LogP contribution in [0.3, 0.4) is 0 Å². The fraction of sp³-hybridized carbons (Fsp3) is 0.611. The lowest BCUT2D eigenvalue weighted by molar-refractivity contribution is -0.143. The second kappa shape index (κ2) is 12.2. The Morgan fingerprint density at radius 3 is 1.94 bits per heavy atom. The van der Waals surface area contributed by atoms with Crippen molar-refractivity contribution in [2.45, 2.75) is 69.6 Å². The van der Waals surface area contributed by atoms with Gasteiger partial charge in [0.2, 0.25) is 23.6 Å². The van der Waals surface area contributed by atoms with Gasteiger partial charge in [0.15, 0.2) is 0 Å². The van der Waals surface area contributed by atoms with Crippen LogP contribution in [0.2, 0.25) is 0 Å². The van der Waals surface area contributed by atoms with Gasteiger partial charge < -0.3 is 36.6 Å². The van der Waals surface area contributed by atoms with Gasteiger partial charge in [-0.15, -0.1) is 0 Å². The maximum absolute atomic E-state index is 12.5. The Balaban J connectivity index is 2.74. The molecule has 1 aliphatic heterocycles. The lowest BCUT2D eigenvalue weighted by atomic mass is 10.1. The molecule has 1 heterocycles. The van der Waals surface area contributed by atoms with Crippen molar-refractivity contribution in [1.82, 2.24) is 21.3 Å². The number of carboxylic acids is 3. The summed E-state index contributed by atoms with van der Waals surface area (Å²) in [5.74, 6) is -6.74. The van der Waals surface area contributed by atoms with E-state index in [1.54, 1.807) is 0 Å². The number of aliphatic carboxylic acids is 3. The van der Waals surface area contributed by atoms with Crippen LogP contribution in [-0.2, 0) is 33.6 Å². The van der Waals surface area contributed by atoms with E-state index in [1.165, 1.54) is 6.92 Å². The average Bonchev–Trinajstić information content (AvgIpc) is 3.13. The quantitative estimate of drug-likeness (QED) is 0.154. The molecule has 1 fully saturated rings. The molecule has 0 bridgehead atoms. The van der Waals surface area contributed by atoms with E-state index < -0.39 is 72.6 Å². The third kappa shape index (κ3) is 8.97. The molecule has 0 aromatic carbocycles. The third-order valence-corrected chi connectivity index (χ3v) is 4.61. The number of amides is 4. The Labute approximate surface area is 182 Å². The predicted molar refractivity (Wildman–Crippen MR) is 104 cm³/mol. The van der Waals surface area contributed by atoms with Gasteiger partial charge in [-0.2, -0.15) is 0 Å². The standard InChI is InChI=1S/C18H26N4O10/c1-8(15(28)22-11(18(31)32)4-7-14(26)27)19-16(29)10(3-6-13(24)25)21-17(30)9-2-5-12(23)20-9/h8-11H,2-7H2,1H3,(H,19,29)(H,20,23)(H,21,30)(H,22,28)(H,24,25)(H,26,27)(H,31,32)/t8-,9-,10-,11-/m0/s1. The van der Waals surface area contributed by atoms with Crippen molar-refractivity contribution < 1.29 is 48.9 Å². The van der Waals surface area contributed by atoms with Gasteiger partial charge in [-0.3, -0.25) is 28.8 Å². The molecule has 0 spiro atoms. The first-order chi connectivity index (χ1) is 14.9. The van der Waals surface area contributed by atoms with Crippen molar-refractivity contribution in [3.63, 3.8) is 0 Å². The van der Waals surface area contributed by atoms with Gasteiger partial charge in [-0.1, -0.05) is 0 Å². The molecule has 0 aromatic rings. The molecule has 4 amide bonds. The molecule has 7 N–H and O–H groups in total. The van der Waals surface area contributed by atoms with E-state index in [0.717, 1.165) is 0 Å². The average molecular weight is 458 g/mol. The van der Waals surface area contributed by atoms with E-state index in [-0.39, 0.29) is 31.6 Å². The second-order valence-corrected chi connectivity index (χ2v) is 7.21. The van der Waals surface area contributed by atoms with Gasteiger partial charge in [0.1, 0.15) is 24.2 Å². The Bertz CT molecular complexity index is 784. The molecule has 32 heavy (non-hydrogen) atoms. The van der Waals surface area contributed by atoms with Gasteiger partial charge in [0.05, 0.1) is 0 Å². The molecule has 1 saturated heterocycles. The summed E-state index contributed by atoms with van der Waals surface area (Å²) in [6.45, 7) is 1.23. The molecule has 0 aliphatic carbocycles. The van der Waals surface area contributed by atoms with Crippen LogP contribution in [0.15, 0.2) is 0 Å². The van der Waals surface area contributed by atoms with Crippen LogP contribution < -0.4 is 21.3 Å². The van der Waals surface area contributed by atoms with Crippen LogP contribution >= 0.6 is 0 Å². The van der Waals surface area contributed by atoms with Crippen LogP contribution in [0.5, 0.6) is 0 Å². The van der Waals surface area contributed by atoms with Gasteiger partial charge >= 0.3 is 17.9 Å². The van der Waals surface area contributed by atoms with Crippen LogP contribution in [0.25, 0.3) is 0 Å². The fourth-order valence-electron chi connectivity index (χ4n) is 2.82. The second-order valence-electron chi connectivity index (χ2n) is 7.21. The molecule has 1 aliphatic rings. The Morgan fingerprint density at radius 1 is 0.906 bits per heavy atom. The SMILES string of the molecule is C[C@H](NC(=O)[C@H](CCC(=O)O)NC(=O)[C@@H]1CCC(=O)N1)C(=O)N[C@@H](CCC(=O)O)C(=O)O. The highest BCUT2D eigenvalue weighted by atomic mass is 16.4. The zero-order valence-electron chi connectivity index (χ0n) is 17.3. The summed E-state index contributed by atoms with van der Waals surface area (Å²) in [5, 5.41) is 35.8. The maximum Gasteiger partial charge on any atom is 0.326 e.